The average Bonchev–Trinajstić information content (AvgIpc) is 4.20. The third-order valence-corrected chi connectivity index (χ3v) is 15.8. The number of pyridine rings is 1. The van der Waals surface area contributed by atoms with Gasteiger partial charge in [0.05, 0.1) is 32.1 Å². The number of alkyl carbamates (subject to hydrolysis) is 1. The molecule has 3 N–H and O–H groups in total. The summed E-state index contributed by atoms with van der Waals surface area (Å²) in [6, 6.07) is 5.43. The molecule has 4 saturated carbocycles. The van der Waals surface area contributed by atoms with Crippen molar-refractivity contribution in [1.82, 2.24) is 25.2 Å². The van der Waals surface area contributed by atoms with Gasteiger partial charge in [-0.1, -0.05) is 26.0 Å². The number of sulfonamides is 1. The quantitative estimate of drug-likeness (QED) is 0.309. The Morgan fingerprint density at radius 1 is 0.984 bits per heavy atom. The lowest BCUT2D eigenvalue weighted by atomic mass is 9.88. The number of rotatable bonds is 9. The average molecular weight is 863 g/mol. The molecular weight excluding hydrogens is 805 g/mol. The van der Waals surface area contributed by atoms with Crippen LogP contribution in [0.4, 0.5) is 10.6 Å². The molecule has 16 nitrogen and oxygen atoms in total. The fourth-order valence-electron chi connectivity index (χ4n) is 10.1. The van der Waals surface area contributed by atoms with E-state index in [1.54, 1.807) is 7.11 Å². The van der Waals surface area contributed by atoms with E-state index in [-0.39, 0.29) is 37.3 Å². The number of carbonyl (C=O) groups excluding carboxylic acids is 4. The van der Waals surface area contributed by atoms with Crippen molar-refractivity contribution in [2.75, 3.05) is 44.9 Å². The number of anilines is 1. The van der Waals surface area contributed by atoms with Crippen LogP contribution < -0.4 is 29.7 Å². The number of aromatic nitrogens is 1. The molecule has 0 spiro atoms. The molecule has 4 heterocycles. The molecule has 7 aliphatic rings. The molecule has 10 atom stereocenters. The van der Waals surface area contributed by atoms with E-state index in [4.69, 9.17) is 23.9 Å². The molecule has 17 heteroatoms. The van der Waals surface area contributed by atoms with Crippen molar-refractivity contribution < 1.29 is 46.5 Å². The molecule has 330 valence electrons. The summed E-state index contributed by atoms with van der Waals surface area (Å²) in [6.07, 6.45) is 8.40. The van der Waals surface area contributed by atoms with Gasteiger partial charge < -0.3 is 39.4 Å². The molecule has 9 rings (SSSR count). The number of benzene rings is 1. The Hall–Kier alpha value is -4.64. The minimum Gasteiger partial charge on any atom is -0.497 e. The maximum Gasteiger partial charge on any atom is 0.408 e. The lowest BCUT2D eigenvalue weighted by molar-refractivity contribution is -0.142. The number of hydrogen-bond donors (Lipinski definition) is 3. The van der Waals surface area contributed by atoms with Crippen molar-refractivity contribution in [3.8, 4) is 11.6 Å². The summed E-state index contributed by atoms with van der Waals surface area (Å²) in [4.78, 5) is 65.9. The second kappa shape index (κ2) is 16.6. The number of carbonyl (C=O) groups is 4. The number of fused-ring (bicyclic) bond motifs is 4. The number of hydrogen-bond acceptors (Lipinski definition) is 12. The third-order valence-electron chi connectivity index (χ3n) is 14.0. The van der Waals surface area contributed by atoms with E-state index in [1.165, 1.54) is 11.3 Å². The summed E-state index contributed by atoms with van der Waals surface area (Å²) in [7, 11) is -2.31. The molecule has 1 unspecified atom stereocenters. The molecule has 0 radical (unpaired) electrons. The number of ether oxygens (including phenoxy) is 4. The Morgan fingerprint density at radius 3 is 2.49 bits per heavy atom. The lowest BCUT2D eigenvalue weighted by Gasteiger charge is -2.33. The van der Waals surface area contributed by atoms with Crippen LogP contribution in [0.15, 0.2) is 36.4 Å². The first-order valence-electron chi connectivity index (χ1n) is 22.1. The number of morpholine rings is 1. The highest BCUT2D eigenvalue weighted by atomic mass is 32.2. The van der Waals surface area contributed by atoms with Gasteiger partial charge in [0.2, 0.25) is 27.7 Å². The smallest absolute Gasteiger partial charge is 0.408 e. The zero-order valence-electron chi connectivity index (χ0n) is 35.2. The van der Waals surface area contributed by atoms with E-state index in [1.807, 2.05) is 43.3 Å². The normalized spacial score (nSPS) is 34.4. The second-order valence-electron chi connectivity index (χ2n) is 18.6. The third kappa shape index (κ3) is 8.86. The second-order valence-corrected chi connectivity index (χ2v) is 20.6. The van der Waals surface area contributed by atoms with Gasteiger partial charge in [0.25, 0.3) is 5.91 Å². The topological polar surface area (TPSA) is 195 Å². The molecule has 2 aromatic rings. The van der Waals surface area contributed by atoms with Crippen molar-refractivity contribution in [2.24, 2.45) is 29.6 Å². The number of amides is 4. The standard InChI is InChI=1S/C44H58N6O10S/c1-25-6-4-5-7-30-23-44(30,42(53)48-61(55,56)34-9-10-34)47-39(51)36-22-33(24-50(36)41(52)38(26(2)16-25)46-43(54)60-32-18-27-17-28(27)19-32)59-40-35-11-8-31(57-3)20-29(35)21-37(45-40)49-12-14-58-15-13-49/h5,7-8,11,20-21,25-28,30,32-34,36,38H,4,6,9-10,12-19,22-24H2,1-3H3,(H,46,54)(H,47,51)(H,48,53)/b7-5-/t25-,26+,27-,28+,30+,32?,33+,36-,38-,44+/m0/s1. The van der Waals surface area contributed by atoms with Crippen LogP contribution >= 0.6 is 0 Å². The van der Waals surface area contributed by atoms with Crippen molar-refractivity contribution in [1.29, 1.82) is 0 Å². The van der Waals surface area contributed by atoms with Crippen LogP contribution in [0.1, 0.15) is 78.1 Å². The van der Waals surface area contributed by atoms with Crippen LogP contribution in [0.25, 0.3) is 10.8 Å². The van der Waals surface area contributed by atoms with Gasteiger partial charge in [-0.3, -0.25) is 19.1 Å². The zero-order chi connectivity index (χ0) is 42.6. The number of nitrogens with one attached hydrogen (secondary N) is 3. The summed E-state index contributed by atoms with van der Waals surface area (Å²) < 4.78 is 52.0. The van der Waals surface area contributed by atoms with E-state index in [2.05, 4.69) is 27.2 Å². The van der Waals surface area contributed by atoms with E-state index in [9.17, 15) is 22.8 Å². The highest BCUT2D eigenvalue weighted by Crippen LogP contribution is 2.52. The van der Waals surface area contributed by atoms with Crippen LogP contribution in [-0.2, 0) is 33.9 Å². The fraction of sp³-hybridized carbons (Fsp3) is 0.659. The van der Waals surface area contributed by atoms with Crippen molar-refractivity contribution in [3.05, 3.63) is 36.4 Å². The summed E-state index contributed by atoms with van der Waals surface area (Å²) in [5.41, 5.74) is -1.52. The van der Waals surface area contributed by atoms with E-state index in [0.29, 0.717) is 86.7 Å². The van der Waals surface area contributed by atoms with Gasteiger partial charge in [0.15, 0.2) is 0 Å². The van der Waals surface area contributed by atoms with Crippen LogP contribution in [0, 0.1) is 29.6 Å². The number of nitrogens with zero attached hydrogens (tertiary/aromatic N) is 3. The molecule has 61 heavy (non-hydrogen) atoms. The maximum atomic E-state index is 15.1. The Labute approximate surface area is 356 Å². The fourth-order valence-corrected chi connectivity index (χ4v) is 11.4. The van der Waals surface area contributed by atoms with Crippen LogP contribution in [0.3, 0.4) is 0 Å². The van der Waals surface area contributed by atoms with Gasteiger partial charge in [-0.25, -0.2) is 13.2 Å². The van der Waals surface area contributed by atoms with Gasteiger partial charge >= 0.3 is 6.09 Å². The molecule has 3 aliphatic heterocycles. The first kappa shape index (κ1) is 41.7. The number of allylic oxidation sites excluding steroid dienone is 1. The summed E-state index contributed by atoms with van der Waals surface area (Å²) in [6.45, 7) is 6.41. The molecule has 1 aromatic carbocycles. The van der Waals surface area contributed by atoms with Gasteiger partial charge in [0, 0.05) is 30.8 Å². The first-order chi connectivity index (χ1) is 29.3. The molecule has 4 aliphatic carbocycles. The van der Waals surface area contributed by atoms with Crippen LogP contribution in [0.2, 0.25) is 0 Å². The SMILES string of the molecule is COc1ccc2c(O[C@@H]3C[C@H]4C(=O)N[C@]5(C(=O)NS(=O)(=O)C6CC6)C[C@H]5/C=C\CC[C@H](C)C[C@@H](C)[C@H](NC(=O)OC5C[C@@H]6C[C@@H]6C5)C(=O)N4C3)nc(N3CCOCC3)cc2c1. The first-order valence-corrected chi connectivity index (χ1v) is 23.7. The Morgan fingerprint density at radius 2 is 1.75 bits per heavy atom. The van der Waals surface area contributed by atoms with Gasteiger partial charge in [-0.15, -0.1) is 0 Å². The molecule has 6 fully saturated rings. The van der Waals surface area contributed by atoms with Crippen molar-refractivity contribution in [3.63, 3.8) is 0 Å². The molecule has 4 amide bonds. The lowest BCUT2D eigenvalue weighted by Crippen LogP contribution is -2.59. The molecular formula is C44H58N6O10S. The minimum absolute atomic E-state index is 0.0158. The predicted molar refractivity (Wildman–Crippen MR) is 224 cm³/mol. The summed E-state index contributed by atoms with van der Waals surface area (Å²) >= 11 is 0. The Kier molecular flexibility index (Phi) is 11.3. The van der Waals surface area contributed by atoms with Gasteiger partial charge in [-0.2, -0.15) is 4.98 Å². The monoisotopic (exact) mass is 862 g/mol. The predicted octanol–water partition coefficient (Wildman–Crippen LogP) is 3.82. The minimum atomic E-state index is -3.91. The van der Waals surface area contributed by atoms with Crippen LogP contribution in [-0.4, -0.2) is 117 Å². The summed E-state index contributed by atoms with van der Waals surface area (Å²) in [5, 5.41) is 6.79. The van der Waals surface area contributed by atoms with Crippen molar-refractivity contribution >= 4 is 50.4 Å². The van der Waals surface area contributed by atoms with E-state index >= 15 is 4.79 Å². The van der Waals surface area contributed by atoms with Crippen LogP contribution in [0.5, 0.6) is 11.6 Å². The van der Waals surface area contributed by atoms with E-state index in [0.717, 1.165) is 24.6 Å². The van der Waals surface area contributed by atoms with Gasteiger partial charge in [0.1, 0.15) is 41.4 Å². The largest absolute Gasteiger partial charge is 0.497 e. The Balaban J connectivity index is 1.04. The van der Waals surface area contributed by atoms with Gasteiger partial charge in [-0.05, 0) is 111 Å². The summed E-state index contributed by atoms with van der Waals surface area (Å²) in [5.74, 6) is 0.415. The molecule has 2 saturated heterocycles. The maximum absolute atomic E-state index is 15.1. The molecule has 1 aromatic heterocycles. The molecule has 0 bridgehead atoms. The zero-order valence-corrected chi connectivity index (χ0v) is 36.0. The van der Waals surface area contributed by atoms with Crippen molar-refractivity contribution in [2.45, 2.75) is 113 Å². The highest BCUT2D eigenvalue weighted by molar-refractivity contribution is 7.91. The number of methoxy groups -OCH3 is 1. The highest BCUT2D eigenvalue weighted by Gasteiger charge is 2.62. The Bertz CT molecular complexity index is 2180. The van der Waals surface area contributed by atoms with E-state index < -0.39 is 68.7 Å².